The molecule has 0 aliphatic carbocycles. The zero-order chi connectivity index (χ0) is 14.5. The second-order valence-electron chi connectivity index (χ2n) is 4.87. The normalized spacial score (nSPS) is 14.9. The summed E-state index contributed by atoms with van der Waals surface area (Å²) in [5, 5.41) is 14.2. The highest BCUT2D eigenvalue weighted by atomic mass is 16.6. The quantitative estimate of drug-likeness (QED) is 0.678. The monoisotopic (exact) mass is 277 g/mol. The van der Waals surface area contributed by atoms with E-state index in [2.05, 4.69) is 5.32 Å². The maximum atomic E-state index is 12.5. The number of nitro benzene ring substituents is 1. The van der Waals surface area contributed by atoms with E-state index >= 15 is 0 Å². The molecule has 108 valence electrons. The highest BCUT2D eigenvalue weighted by Crippen LogP contribution is 2.25. The van der Waals surface area contributed by atoms with Gasteiger partial charge in [-0.2, -0.15) is 0 Å². The predicted octanol–water partition coefficient (Wildman–Crippen LogP) is 2.65. The van der Waals surface area contributed by atoms with Crippen LogP contribution in [-0.4, -0.2) is 35.4 Å². The molecule has 1 aliphatic heterocycles. The van der Waals surface area contributed by atoms with E-state index in [1.807, 2.05) is 6.92 Å². The van der Waals surface area contributed by atoms with Crippen molar-refractivity contribution in [3.63, 3.8) is 0 Å². The maximum absolute atomic E-state index is 12.5. The van der Waals surface area contributed by atoms with Crippen molar-refractivity contribution in [3.8, 4) is 0 Å². The Labute approximate surface area is 117 Å². The number of hydrogen-bond acceptors (Lipinski definition) is 4. The lowest BCUT2D eigenvalue weighted by Crippen LogP contribution is -2.35. The average Bonchev–Trinajstić information content (AvgIpc) is 2.47. The van der Waals surface area contributed by atoms with Gasteiger partial charge in [0, 0.05) is 31.4 Å². The van der Waals surface area contributed by atoms with Crippen molar-refractivity contribution in [2.45, 2.75) is 26.2 Å². The lowest BCUT2D eigenvalue weighted by Gasteiger charge is -2.26. The molecule has 0 unspecified atom stereocenters. The Balaban J connectivity index is 2.32. The molecule has 0 spiro atoms. The third-order valence-corrected chi connectivity index (χ3v) is 3.45. The summed E-state index contributed by atoms with van der Waals surface area (Å²) in [6, 6.07) is 4.61. The fourth-order valence-electron chi connectivity index (χ4n) is 2.45. The number of piperidine rings is 1. The second kappa shape index (κ2) is 6.36. The van der Waals surface area contributed by atoms with Crippen LogP contribution in [0.25, 0.3) is 0 Å². The number of anilines is 1. The molecule has 1 aromatic carbocycles. The highest BCUT2D eigenvalue weighted by molar-refractivity contribution is 5.99. The van der Waals surface area contributed by atoms with Gasteiger partial charge in [0.15, 0.2) is 0 Å². The average molecular weight is 277 g/mol. The molecule has 0 aromatic heterocycles. The van der Waals surface area contributed by atoms with Gasteiger partial charge in [0.25, 0.3) is 11.6 Å². The van der Waals surface area contributed by atoms with Crippen LogP contribution in [0.3, 0.4) is 0 Å². The predicted molar refractivity (Wildman–Crippen MR) is 77.0 cm³/mol. The van der Waals surface area contributed by atoms with Gasteiger partial charge in [-0.1, -0.05) is 0 Å². The molecular weight excluding hydrogens is 258 g/mol. The Kier molecular flexibility index (Phi) is 4.55. The van der Waals surface area contributed by atoms with Gasteiger partial charge in [-0.15, -0.1) is 0 Å². The standard InChI is InChI=1S/C14H19N3O3/c1-2-15-11-6-7-13(17(19)20)12(10-11)14(18)16-8-4-3-5-9-16/h6-7,10,15H,2-5,8-9H2,1H3. The van der Waals surface area contributed by atoms with E-state index in [4.69, 9.17) is 0 Å². The molecule has 2 rings (SSSR count). The lowest BCUT2D eigenvalue weighted by molar-refractivity contribution is -0.385. The van der Waals surface area contributed by atoms with Crippen LogP contribution >= 0.6 is 0 Å². The van der Waals surface area contributed by atoms with Crippen molar-refractivity contribution >= 4 is 17.3 Å². The summed E-state index contributed by atoms with van der Waals surface area (Å²) in [6.07, 6.45) is 3.04. The minimum atomic E-state index is -0.493. The molecule has 0 bridgehead atoms. The van der Waals surface area contributed by atoms with Crippen LogP contribution < -0.4 is 5.32 Å². The van der Waals surface area contributed by atoms with E-state index in [9.17, 15) is 14.9 Å². The molecule has 0 saturated carbocycles. The first-order chi connectivity index (χ1) is 9.63. The van der Waals surface area contributed by atoms with Crippen molar-refractivity contribution in [2.75, 3.05) is 25.0 Å². The summed E-state index contributed by atoms with van der Waals surface area (Å²) >= 11 is 0. The molecule has 0 radical (unpaired) electrons. The van der Waals surface area contributed by atoms with Crippen LogP contribution in [0, 0.1) is 10.1 Å². The Bertz CT molecular complexity index is 510. The first-order valence-electron chi connectivity index (χ1n) is 6.95. The molecule has 1 N–H and O–H groups in total. The molecule has 1 amide bonds. The number of nitrogens with zero attached hydrogens (tertiary/aromatic N) is 2. The van der Waals surface area contributed by atoms with Crippen LogP contribution in [0.2, 0.25) is 0 Å². The SMILES string of the molecule is CCNc1ccc([N+](=O)[O-])c(C(=O)N2CCCCC2)c1. The number of carbonyl (C=O) groups is 1. The van der Waals surface area contributed by atoms with Crippen LogP contribution in [-0.2, 0) is 0 Å². The number of nitro groups is 1. The van der Waals surface area contributed by atoms with E-state index in [0.717, 1.165) is 24.9 Å². The minimum absolute atomic E-state index is 0.123. The van der Waals surface area contributed by atoms with Crippen LogP contribution in [0.4, 0.5) is 11.4 Å². The van der Waals surface area contributed by atoms with E-state index in [0.29, 0.717) is 19.6 Å². The summed E-state index contributed by atoms with van der Waals surface area (Å²) in [5.41, 5.74) is 0.788. The van der Waals surface area contributed by atoms with Crippen LogP contribution in [0.1, 0.15) is 36.5 Å². The highest BCUT2D eigenvalue weighted by Gasteiger charge is 2.26. The maximum Gasteiger partial charge on any atom is 0.282 e. The Morgan fingerprint density at radius 1 is 1.35 bits per heavy atom. The van der Waals surface area contributed by atoms with Gasteiger partial charge in [-0.05, 0) is 38.3 Å². The first kappa shape index (κ1) is 14.3. The van der Waals surface area contributed by atoms with Gasteiger partial charge in [-0.3, -0.25) is 14.9 Å². The first-order valence-corrected chi connectivity index (χ1v) is 6.95. The molecule has 6 heteroatoms. The summed E-state index contributed by atoms with van der Waals surface area (Å²) in [5.74, 6) is -0.240. The number of benzene rings is 1. The van der Waals surface area contributed by atoms with Crippen LogP contribution in [0.15, 0.2) is 18.2 Å². The molecule has 1 heterocycles. The second-order valence-corrected chi connectivity index (χ2v) is 4.87. The topological polar surface area (TPSA) is 75.5 Å². The van der Waals surface area contributed by atoms with Crippen molar-refractivity contribution < 1.29 is 9.72 Å². The van der Waals surface area contributed by atoms with Gasteiger partial charge in [-0.25, -0.2) is 0 Å². The number of rotatable bonds is 4. The number of carbonyl (C=O) groups excluding carboxylic acids is 1. The summed E-state index contributed by atoms with van der Waals surface area (Å²) < 4.78 is 0. The van der Waals surface area contributed by atoms with Crippen molar-refractivity contribution in [1.82, 2.24) is 4.90 Å². The minimum Gasteiger partial charge on any atom is -0.385 e. The number of hydrogen-bond donors (Lipinski definition) is 1. The molecular formula is C14H19N3O3. The number of amides is 1. The summed E-state index contributed by atoms with van der Waals surface area (Å²) in [7, 11) is 0. The largest absolute Gasteiger partial charge is 0.385 e. The van der Waals surface area contributed by atoms with E-state index in [1.165, 1.54) is 6.07 Å². The lowest BCUT2D eigenvalue weighted by atomic mass is 10.1. The van der Waals surface area contributed by atoms with Crippen molar-refractivity contribution in [3.05, 3.63) is 33.9 Å². The third-order valence-electron chi connectivity index (χ3n) is 3.45. The fraction of sp³-hybridized carbons (Fsp3) is 0.500. The fourth-order valence-corrected chi connectivity index (χ4v) is 2.45. The molecule has 6 nitrogen and oxygen atoms in total. The molecule has 1 fully saturated rings. The number of nitrogens with one attached hydrogen (secondary N) is 1. The zero-order valence-corrected chi connectivity index (χ0v) is 11.6. The summed E-state index contributed by atoms with van der Waals surface area (Å²) in [4.78, 5) is 24.8. The molecule has 1 aromatic rings. The Morgan fingerprint density at radius 2 is 2.05 bits per heavy atom. The van der Waals surface area contributed by atoms with E-state index in [1.54, 1.807) is 17.0 Å². The smallest absolute Gasteiger partial charge is 0.282 e. The van der Waals surface area contributed by atoms with Crippen molar-refractivity contribution in [1.29, 1.82) is 0 Å². The number of likely N-dealkylation sites (tertiary alicyclic amines) is 1. The molecule has 20 heavy (non-hydrogen) atoms. The molecule has 1 aliphatic rings. The summed E-state index contributed by atoms with van der Waals surface area (Å²) in [6.45, 7) is 4.01. The third kappa shape index (κ3) is 3.07. The van der Waals surface area contributed by atoms with Gasteiger partial charge < -0.3 is 10.2 Å². The molecule has 1 saturated heterocycles. The van der Waals surface area contributed by atoms with Gasteiger partial charge >= 0.3 is 0 Å². The Morgan fingerprint density at radius 3 is 2.65 bits per heavy atom. The van der Waals surface area contributed by atoms with E-state index in [-0.39, 0.29) is 17.2 Å². The Hall–Kier alpha value is -2.11. The van der Waals surface area contributed by atoms with Crippen molar-refractivity contribution in [2.24, 2.45) is 0 Å². The van der Waals surface area contributed by atoms with Gasteiger partial charge in [0.2, 0.25) is 0 Å². The van der Waals surface area contributed by atoms with Gasteiger partial charge in [0.05, 0.1) is 4.92 Å². The zero-order valence-electron chi connectivity index (χ0n) is 11.6. The van der Waals surface area contributed by atoms with Crippen LogP contribution in [0.5, 0.6) is 0 Å². The molecule has 0 atom stereocenters. The van der Waals surface area contributed by atoms with Gasteiger partial charge in [0.1, 0.15) is 5.56 Å². The van der Waals surface area contributed by atoms with E-state index < -0.39 is 4.92 Å².